The topological polar surface area (TPSA) is 42.5 Å². The van der Waals surface area contributed by atoms with E-state index in [0.717, 1.165) is 23.6 Å². The lowest BCUT2D eigenvalue weighted by Crippen LogP contribution is -2.33. The molecule has 0 aliphatic heterocycles. The molecule has 5 heteroatoms. The quantitative estimate of drug-likeness (QED) is 0.626. The summed E-state index contributed by atoms with van der Waals surface area (Å²) in [5.74, 6) is 2.25. The van der Waals surface area contributed by atoms with Gasteiger partial charge in [0.05, 0.1) is 19.8 Å². The Morgan fingerprint density at radius 2 is 1.62 bits per heavy atom. The number of hydrogen-bond donors (Lipinski definition) is 2. The van der Waals surface area contributed by atoms with E-state index >= 15 is 0 Å². The number of benzene rings is 2. The van der Waals surface area contributed by atoms with Crippen molar-refractivity contribution in [1.29, 1.82) is 0 Å². The molecule has 0 heterocycles. The predicted octanol–water partition coefficient (Wildman–Crippen LogP) is 5.17. The first-order chi connectivity index (χ1) is 12.5. The van der Waals surface area contributed by atoms with Crippen LogP contribution in [-0.4, -0.2) is 18.8 Å². The molecule has 1 unspecified atom stereocenters. The van der Waals surface area contributed by atoms with Gasteiger partial charge in [-0.3, -0.25) is 0 Å². The molecule has 0 saturated heterocycles. The first kappa shape index (κ1) is 20.0. The average molecular weight is 373 g/mol. The third kappa shape index (κ3) is 6.23. The Kier molecular flexibility index (Phi) is 7.73. The van der Waals surface area contributed by atoms with Gasteiger partial charge in [0, 0.05) is 5.69 Å². The molecule has 2 N–H and O–H groups in total. The van der Waals surface area contributed by atoms with Crippen LogP contribution in [0, 0.1) is 5.92 Å². The van der Waals surface area contributed by atoms with Gasteiger partial charge in [-0.25, -0.2) is 0 Å². The molecule has 0 amide bonds. The summed E-state index contributed by atoms with van der Waals surface area (Å²) in [7, 11) is 1.68. The standard InChI is InChI=1S/C21H28N2O2S/c1-5-25-19-12-8-17(9-13-19)22-21(26)23-20(14-15(2)3)16-6-10-18(24-4)11-7-16/h6-13,15,20H,5,14H2,1-4H3,(H2,22,23,26). The fraction of sp³-hybridized carbons (Fsp3) is 0.381. The molecule has 4 nitrogen and oxygen atoms in total. The molecule has 0 spiro atoms. The molecule has 0 saturated carbocycles. The van der Waals surface area contributed by atoms with Crippen LogP contribution in [0.1, 0.15) is 38.8 Å². The maximum atomic E-state index is 5.52. The number of nitrogens with one attached hydrogen (secondary N) is 2. The molecule has 0 aliphatic rings. The van der Waals surface area contributed by atoms with Gasteiger partial charge >= 0.3 is 0 Å². The van der Waals surface area contributed by atoms with Gasteiger partial charge in [0.25, 0.3) is 0 Å². The minimum atomic E-state index is 0.142. The number of methoxy groups -OCH3 is 1. The molecule has 0 fully saturated rings. The van der Waals surface area contributed by atoms with Gasteiger partial charge in [-0.05, 0) is 73.4 Å². The van der Waals surface area contributed by atoms with Gasteiger partial charge in [0.1, 0.15) is 11.5 Å². The summed E-state index contributed by atoms with van der Waals surface area (Å²) in [6.45, 7) is 7.05. The average Bonchev–Trinajstić information content (AvgIpc) is 2.63. The SMILES string of the molecule is CCOc1ccc(NC(=S)NC(CC(C)C)c2ccc(OC)cc2)cc1. The highest BCUT2D eigenvalue weighted by Crippen LogP contribution is 2.24. The van der Waals surface area contributed by atoms with Crippen molar-refractivity contribution in [2.75, 3.05) is 19.0 Å². The minimum Gasteiger partial charge on any atom is -0.497 e. The van der Waals surface area contributed by atoms with Crippen molar-refractivity contribution >= 4 is 23.0 Å². The Morgan fingerprint density at radius 1 is 1.00 bits per heavy atom. The van der Waals surface area contributed by atoms with Gasteiger partial charge in [-0.2, -0.15) is 0 Å². The fourth-order valence-corrected chi connectivity index (χ4v) is 2.97. The van der Waals surface area contributed by atoms with Crippen LogP contribution in [0.2, 0.25) is 0 Å². The van der Waals surface area contributed by atoms with Gasteiger partial charge in [-0.1, -0.05) is 26.0 Å². The molecule has 140 valence electrons. The predicted molar refractivity (Wildman–Crippen MR) is 112 cm³/mol. The number of anilines is 1. The first-order valence-corrected chi connectivity index (χ1v) is 9.37. The van der Waals surface area contributed by atoms with Crippen LogP contribution in [0.4, 0.5) is 5.69 Å². The summed E-state index contributed by atoms with van der Waals surface area (Å²) >= 11 is 5.52. The van der Waals surface area contributed by atoms with Crippen molar-refractivity contribution in [2.24, 2.45) is 5.92 Å². The lowest BCUT2D eigenvalue weighted by Gasteiger charge is -2.23. The van der Waals surface area contributed by atoms with Crippen LogP contribution < -0.4 is 20.1 Å². The summed E-state index contributed by atoms with van der Waals surface area (Å²) in [4.78, 5) is 0. The van der Waals surface area contributed by atoms with E-state index in [9.17, 15) is 0 Å². The highest BCUT2D eigenvalue weighted by molar-refractivity contribution is 7.80. The Morgan fingerprint density at radius 3 is 2.15 bits per heavy atom. The first-order valence-electron chi connectivity index (χ1n) is 8.96. The summed E-state index contributed by atoms with van der Waals surface area (Å²) in [5, 5.41) is 7.29. The molecule has 1 atom stereocenters. The summed E-state index contributed by atoms with van der Waals surface area (Å²) in [6.07, 6.45) is 0.984. The fourth-order valence-electron chi connectivity index (χ4n) is 2.71. The lowest BCUT2D eigenvalue weighted by molar-refractivity contribution is 0.340. The molecule has 0 bridgehead atoms. The second-order valence-electron chi connectivity index (χ2n) is 6.51. The minimum absolute atomic E-state index is 0.142. The van der Waals surface area contributed by atoms with Crippen molar-refractivity contribution in [3.8, 4) is 11.5 Å². The number of hydrogen-bond acceptors (Lipinski definition) is 3. The highest BCUT2D eigenvalue weighted by atomic mass is 32.1. The van der Waals surface area contributed by atoms with Crippen LogP contribution in [-0.2, 0) is 0 Å². The van der Waals surface area contributed by atoms with E-state index in [1.165, 1.54) is 5.56 Å². The van der Waals surface area contributed by atoms with Crippen LogP contribution in [0.15, 0.2) is 48.5 Å². The molecule has 0 radical (unpaired) electrons. The summed E-state index contributed by atoms with van der Waals surface area (Å²) in [6, 6.07) is 16.1. The summed E-state index contributed by atoms with van der Waals surface area (Å²) in [5.41, 5.74) is 2.12. The van der Waals surface area contributed by atoms with Crippen molar-refractivity contribution in [1.82, 2.24) is 5.32 Å². The highest BCUT2D eigenvalue weighted by Gasteiger charge is 2.15. The smallest absolute Gasteiger partial charge is 0.171 e. The molecule has 2 rings (SSSR count). The Balaban J connectivity index is 2.02. The van der Waals surface area contributed by atoms with Crippen molar-refractivity contribution in [3.63, 3.8) is 0 Å². The molecule has 0 aliphatic carbocycles. The van der Waals surface area contributed by atoms with Gasteiger partial charge in [0.2, 0.25) is 0 Å². The zero-order chi connectivity index (χ0) is 18.9. The van der Waals surface area contributed by atoms with Crippen LogP contribution in [0.25, 0.3) is 0 Å². The Labute approximate surface area is 161 Å². The number of rotatable bonds is 8. The summed E-state index contributed by atoms with van der Waals surface area (Å²) < 4.78 is 10.7. The van der Waals surface area contributed by atoms with E-state index in [0.29, 0.717) is 17.6 Å². The number of ether oxygens (including phenoxy) is 2. The van der Waals surface area contributed by atoms with E-state index in [-0.39, 0.29) is 6.04 Å². The Hall–Kier alpha value is -2.27. The van der Waals surface area contributed by atoms with E-state index in [4.69, 9.17) is 21.7 Å². The second kappa shape index (κ2) is 10.0. The van der Waals surface area contributed by atoms with Crippen molar-refractivity contribution in [2.45, 2.75) is 33.2 Å². The normalized spacial score (nSPS) is 11.7. The zero-order valence-corrected chi connectivity index (χ0v) is 16.7. The third-order valence-electron chi connectivity index (χ3n) is 3.95. The van der Waals surface area contributed by atoms with Gasteiger partial charge in [0.15, 0.2) is 5.11 Å². The van der Waals surface area contributed by atoms with E-state index in [1.54, 1.807) is 7.11 Å². The third-order valence-corrected chi connectivity index (χ3v) is 4.17. The van der Waals surface area contributed by atoms with Crippen LogP contribution >= 0.6 is 12.2 Å². The van der Waals surface area contributed by atoms with Crippen molar-refractivity contribution in [3.05, 3.63) is 54.1 Å². The van der Waals surface area contributed by atoms with Crippen molar-refractivity contribution < 1.29 is 9.47 Å². The zero-order valence-electron chi connectivity index (χ0n) is 15.9. The molecular formula is C21H28N2O2S. The molecule has 2 aromatic rings. The lowest BCUT2D eigenvalue weighted by atomic mass is 9.97. The monoisotopic (exact) mass is 372 g/mol. The molecular weight excluding hydrogens is 344 g/mol. The maximum Gasteiger partial charge on any atom is 0.171 e. The number of thiocarbonyl (C=S) groups is 1. The Bertz CT molecular complexity index is 684. The maximum absolute atomic E-state index is 5.52. The molecule has 2 aromatic carbocycles. The van der Waals surface area contributed by atoms with E-state index in [1.807, 2.05) is 43.3 Å². The second-order valence-corrected chi connectivity index (χ2v) is 6.92. The van der Waals surface area contributed by atoms with Crippen LogP contribution in [0.5, 0.6) is 11.5 Å². The molecule has 26 heavy (non-hydrogen) atoms. The van der Waals surface area contributed by atoms with E-state index in [2.05, 4.69) is 36.6 Å². The molecule has 0 aromatic heterocycles. The van der Waals surface area contributed by atoms with E-state index < -0.39 is 0 Å². The van der Waals surface area contributed by atoms with Crippen LogP contribution in [0.3, 0.4) is 0 Å². The van der Waals surface area contributed by atoms with Gasteiger partial charge < -0.3 is 20.1 Å². The van der Waals surface area contributed by atoms with Gasteiger partial charge in [-0.15, -0.1) is 0 Å². The largest absolute Gasteiger partial charge is 0.497 e.